The molecule has 0 aliphatic rings. The molecule has 21 heavy (non-hydrogen) atoms. The van der Waals surface area contributed by atoms with Crippen molar-refractivity contribution in [3.05, 3.63) is 63.7 Å². The molecule has 0 aliphatic carbocycles. The van der Waals surface area contributed by atoms with Gasteiger partial charge in [0.15, 0.2) is 0 Å². The van der Waals surface area contributed by atoms with E-state index in [0.717, 1.165) is 12.0 Å². The van der Waals surface area contributed by atoms with Crippen LogP contribution < -0.4 is 10.4 Å². The smallest absolute Gasteiger partial charge is 0.339 e. The number of hydrogen-bond acceptors (Lipinski definition) is 3. The fraction of sp³-hybridized carbons (Fsp3) is 0.278. The van der Waals surface area contributed by atoms with Gasteiger partial charge < -0.3 is 9.15 Å². The minimum atomic E-state index is -0.413. The van der Waals surface area contributed by atoms with E-state index in [2.05, 4.69) is 31.2 Å². The van der Waals surface area contributed by atoms with E-state index in [1.165, 1.54) is 31.6 Å². The molecule has 0 atom stereocenters. The Labute approximate surface area is 124 Å². The number of ether oxygens (including phenoxy) is 1. The van der Waals surface area contributed by atoms with E-state index in [-0.39, 0.29) is 0 Å². The minimum absolute atomic E-state index is 0.413. The van der Waals surface area contributed by atoms with E-state index in [9.17, 15) is 4.79 Å². The highest BCUT2D eigenvalue weighted by Gasteiger charge is 1.99. The molecule has 0 fully saturated rings. The van der Waals surface area contributed by atoms with Gasteiger partial charge >= 0.3 is 5.63 Å². The zero-order valence-electron chi connectivity index (χ0n) is 12.5. The van der Waals surface area contributed by atoms with Gasteiger partial charge in [-0.15, -0.1) is 0 Å². The summed E-state index contributed by atoms with van der Waals surface area (Å²) in [6.07, 6.45) is 7.22. The molecular weight excluding hydrogens is 264 g/mol. The predicted molar refractivity (Wildman–Crippen MR) is 85.5 cm³/mol. The van der Waals surface area contributed by atoms with Gasteiger partial charge in [-0.25, -0.2) is 4.79 Å². The average Bonchev–Trinajstić information content (AvgIpc) is 2.51. The summed E-state index contributed by atoms with van der Waals surface area (Å²) in [5, 5.41) is 0. The van der Waals surface area contributed by atoms with Crippen molar-refractivity contribution in [2.75, 3.05) is 7.11 Å². The minimum Gasteiger partial charge on any atom is -0.496 e. The van der Waals surface area contributed by atoms with E-state index < -0.39 is 5.63 Å². The molecule has 0 amide bonds. The van der Waals surface area contributed by atoms with Gasteiger partial charge in [-0.2, -0.15) is 0 Å². The van der Waals surface area contributed by atoms with Crippen LogP contribution in [0, 0.1) is 0 Å². The molecule has 0 saturated carbocycles. The fourth-order valence-corrected chi connectivity index (χ4v) is 2.03. The Morgan fingerprint density at radius 3 is 2.57 bits per heavy atom. The first-order chi connectivity index (χ1) is 10.2. The maximum Gasteiger partial charge on any atom is 0.339 e. The molecule has 3 nitrogen and oxygen atoms in total. The van der Waals surface area contributed by atoms with Crippen molar-refractivity contribution in [3.8, 4) is 5.75 Å². The molecule has 0 unspecified atom stereocenters. The Morgan fingerprint density at radius 2 is 1.90 bits per heavy atom. The van der Waals surface area contributed by atoms with Crippen LogP contribution in [0.5, 0.6) is 5.75 Å². The lowest BCUT2D eigenvalue weighted by molar-refractivity contribution is 0.400. The third-order valence-corrected chi connectivity index (χ3v) is 3.24. The van der Waals surface area contributed by atoms with Crippen LogP contribution in [0.3, 0.4) is 0 Å². The lowest BCUT2D eigenvalue weighted by Gasteiger charge is -2.01. The quantitative estimate of drug-likeness (QED) is 0.799. The van der Waals surface area contributed by atoms with Gasteiger partial charge in [-0.05, 0) is 30.0 Å². The molecule has 0 bridgehead atoms. The normalized spacial score (nSPS) is 11.0. The second-order valence-electron chi connectivity index (χ2n) is 4.90. The maximum atomic E-state index is 11.3. The summed E-state index contributed by atoms with van der Waals surface area (Å²) in [4.78, 5) is 11.3. The second kappa shape index (κ2) is 7.48. The number of benzene rings is 1. The average molecular weight is 284 g/mol. The first-order valence-electron chi connectivity index (χ1n) is 7.17. The van der Waals surface area contributed by atoms with Crippen molar-refractivity contribution in [1.82, 2.24) is 0 Å². The van der Waals surface area contributed by atoms with Crippen LogP contribution in [0.1, 0.15) is 36.7 Å². The second-order valence-corrected chi connectivity index (χ2v) is 4.90. The molecular formula is C18H20O3. The maximum absolute atomic E-state index is 11.3. The monoisotopic (exact) mass is 284 g/mol. The highest BCUT2D eigenvalue weighted by atomic mass is 16.5. The SMILES string of the molecule is CCCCc1ccc(/C=C/c2cc(OC)cc(=O)o2)cc1. The van der Waals surface area contributed by atoms with Crippen molar-refractivity contribution in [2.24, 2.45) is 0 Å². The molecule has 0 aliphatic heterocycles. The number of unbranched alkanes of at least 4 members (excludes halogenated alkanes) is 1. The van der Waals surface area contributed by atoms with E-state index in [0.29, 0.717) is 11.5 Å². The number of hydrogen-bond donors (Lipinski definition) is 0. The van der Waals surface area contributed by atoms with Crippen LogP contribution in [0.15, 0.2) is 45.6 Å². The highest BCUT2D eigenvalue weighted by molar-refractivity contribution is 5.67. The molecule has 1 heterocycles. The van der Waals surface area contributed by atoms with Crippen LogP contribution in [0.4, 0.5) is 0 Å². The first kappa shape index (κ1) is 15.1. The van der Waals surface area contributed by atoms with Crippen molar-refractivity contribution >= 4 is 12.2 Å². The summed E-state index contributed by atoms with van der Waals surface area (Å²) >= 11 is 0. The third-order valence-electron chi connectivity index (χ3n) is 3.24. The summed E-state index contributed by atoms with van der Waals surface area (Å²) in [5.41, 5.74) is 2.01. The standard InChI is InChI=1S/C18H20O3/c1-3-4-5-14-6-8-15(9-7-14)10-11-16-12-17(20-2)13-18(19)21-16/h6-13H,3-5H2,1-2H3/b11-10+. The molecule has 0 N–H and O–H groups in total. The molecule has 0 spiro atoms. The van der Waals surface area contributed by atoms with Gasteiger partial charge in [0.1, 0.15) is 11.5 Å². The van der Waals surface area contributed by atoms with Crippen LogP contribution in [0.2, 0.25) is 0 Å². The summed E-state index contributed by atoms with van der Waals surface area (Å²) < 4.78 is 10.1. The number of aryl methyl sites for hydroxylation is 1. The van der Waals surface area contributed by atoms with E-state index in [1.54, 1.807) is 12.1 Å². The molecule has 3 heteroatoms. The van der Waals surface area contributed by atoms with Crippen LogP contribution in [0.25, 0.3) is 12.2 Å². The Balaban J connectivity index is 2.10. The van der Waals surface area contributed by atoms with Crippen molar-refractivity contribution < 1.29 is 9.15 Å². The van der Waals surface area contributed by atoms with E-state index in [1.807, 2.05) is 6.08 Å². The van der Waals surface area contributed by atoms with Gasteiger partial charge in [-0.3, -0.25) is 0 Å². The van der Waals surface area contributed by atoms with Gasteiger partial charge in [0.25, 0.3) is 0 Å². The number of rotatable bonds is 6. The molecule has 1 aromatic carbocycles. The summed E-state index contributed by atoms with van der Waals surface area (Å²) in [5.74, 6) is 0.982. The summed E-state index contributed by atoms with van der Waals surface area (Å²) in [6.45, 7) is 2.19. The fourth-order valence-electron chi connectivity index (χ4n) is 2.03. The molecule has 110 valence electrons. The van der Waals surface area contributed by atoms with Crippen molar-refractivity contribution in [2.45, 2.75) is 26.2 Å². The van der Waals surface area contributed by atoms with Gasteiger partial charge in [0.2, 0.25) is 0 Å². The molecule has 0 radical (unpaired) electrons. The zero-order chi connectivity index (χ0) is 15.1. The Bertz CT molecular complexity index is 651. The summed E-state index contributed by atoms with van der Waals surface area (Å²) in [6, 6.07) is 11.4. The molecule has 0 saturated heterocycles. The van der Waals surface area contributed by atoms with Crippen LogP contribution in [-0.2, 0) is 6.42 Å². The summed E-state index contributed by atoms with van der Waals surface area (Å²) in [7, 11) is 1.53. The molecule has 2 aromatic rings. The van der Waals surface area contributed by atoms with Gasteiger partial charge in [-0.1, -0.05) is 43.7 Å². The van der Waals surface area contributed by atoms with Gasteiger partial charge in [0.05, 0.1) is 13.2 Å². The number of methoxy groups -OCH3 is 1. The molecule has 2 rings (SSSR count). The van der Waals surface area contributed by atoms with E-state index >= 15 is 0 Å². The topological polar surface area (TPSA) is 39.4 Å². The Morgan fingerprint density at radius 1 is 1.14 bits per heavy atom. The van der Waals surface area contributed by atoms with Crippen LogP contribution in [-0.4, -0.2) is 7.11 Å². The first-order valence-corrected chi connectivity index (χ1v) is 7.17. The lowest BCUT2D eigenvalue weighted by atomic mass is 10.1. The lowest BCUT2D eigenvalue weighted by Crippen LogP contribution is -1.98. The van der Waals surface area contributed by atoms with E-state index in [4.69, 9.17) is 9.15 Å². The predicted octanol–water partition coefficient (Wildman–Crippen LogP) is 4.16. The largest absolute Gasteiger partial charge is 0.496 e. The Hall–Kier alpha value is -2.29. The highest BCUT2D eigenvalue weighted by Crippen LogP contribution is 2.14. The van der Waals surface area contributed by atoms with Crippen molar-refractivity contribution in [1.29, 1.82) is 0 Å². The van der Waals surface area contributed by atoms with Gasteiger partial charge in [0, 0.05) is 6.07 Å². The third kappa shape index (κ3) is 4.63. The van der Waals surface area contributed by atoms with Crippen molar-refractivity contribution in [3.63, 3.8) is 0 Å². The zero-order valence-corrected chi connectivity index (χ0v) is 12.5. The Kier molecular flexibility index (Phi) is 5.38. The molecule has 1 aromatic heterocycles. The van der Waals surface area contributed by atoms with Crippen LogP contribution >= 0.6 is 0 Å².